The number of nitrogens with two attached hydrogens (primary N) is 1. The molecule has 0 bridgehead atoms. The van der Waals surface area contributed by atoms with Gasteiger partial charge in [-0.3, -0.25) is 4.79 Å². The van der Waals surface area contributed by atoms with E-state index >= 15 is 0 Å². The van der Waals surface area contributed by atoms with Gasteiger partial charge in [-0.2, -0.15) is 0 Å². The van der Waals surface area contributed by atoms with Crippen molar-refractivity contribution >= 4 is 11.9 Å². The van der Waals surface area contributed by atoms with Gasteiger partial charge in [0.15, 0.2) is 0 Å². The number of nitrogens with one attached hydrogen (secondary N) is 2. The lowest BCUT2D eigenvalue weighted by Crippen LogP contribution is -2.48. The van der Waals surface area contributed by atoms with Gasteiger partial charge in [0.1, 0.15) is 6.04 Å². The number of carbonyl (C=O) groups is 2. The Morgan fingerprint density at radius 2 is 1.76 bits per heavy atom. The summed E-state index contributed by atoms with van der Waals surface area (Å²) in [5.41, 5.74) is 5.78. The molecule has 0 saturated heterocycles. The van der Waals surface area contributed by atoms with E-state index in [-0.39, 0.29) is 17.8 Å². The van der Waals surface area contributed by atoms with Crippen molar-refractivity contribution in [3.05, 3.63) is 11.8 Å². The van der Waals surface area contributed by atoms with Crippen LogP contribution in [0.1, 0.15) is 27.7 Å². The van der Waals surface area contributed by atoms with Crippen molar-refractivity contribution in [2.45, 2.75) is 39.9 Å². The van der Waals surface area contributed by atoms with Crippen molar-refractivity contribution in [3.63, 3.8) is 0 Å². The zero-order chi connectivity index (χ0) is 13.6. The molecule has 0 aliphatic heterocycles. The first-order valence-electron chi connectivity index (χ1n) is 5.51. The predicted molar refractivity (Wildman–Crippen MR) is 64.9 cm³/mol. The fourth-order valence-electron chi connectivity index (χ4n) is 1.26. The minimum absolute atomic E-state index is 0.190. The molecular weight excluding hydrogens is 222 g/mol. The number of hydrogen-bond donors (Lipinski definition) is 4. The van der Waals surface area contributed by atoms with Crippen molar-refractivity contribution in [1.82, 2.24) is 10.6 Å². The molecule has 5 N–H and O–H groups in total. The number of hydrogen-bond acceptors (Lipinski definition) is 4. The zero-order valence-electron chi connectivity index (χ0n) is 10.7. The van der Waals surface area contributed by atoms with Crippen molar-refractivity contribution in [2.75, 3.05) is 0 Å². The molecule has 0 aromatic rings. The molecule has 0 aliphatic carbocycles. The van der Waals surface area contributed by atoms with Gasteiger partial charge in [-0.25, -0.2) is 4.79 Å². The molecule has 0 spiro atoms. The van der Waals surface area contributed by atoms with Gasteiger partial charge < -0.3 is 21.5 Å². The molecule has 98 valence electrons. The molecule has 0 rings (SSSR count). The first-order valence-corrected chi connectivity index (χ1v) is 5.51. The summed E-state index contributed by atoms with van der Waals surface area (Å²) in [5, 5.41) is 14.1. The second-order valence-corrected chi connectivity index (χ2v) is 4.17. The Labute approximate surface area is 101 Å². The maximum absolute atomic E-state index is 11.8. The fraction of sp³-hybridized carbons (Fsp3) is 0.636. The number of rotatable bonds is 6. The largest absolute Gasteiger partial charge is 0.480 e. The van der Waals surface area contributed by atoms with Crippen LogP contribution in [0.5, 0.6) is 0 Å². The van der Waals surface area contributed by atoms with E-state index < -0.39 is 17.9 Å². The van der Waals surface area contributed by atoms with Gasteiger partial charge in [0, 0.05) is 0 Å². The Hall–Kier alpha value is -1.56. The lowest BCUT2D eigenvalue weighted by molar-refractivity contribution is -0.142. The highest BCUT2D eigenvalue weighted by Gasteiger charge is 2.24. The van der Waals surface area contributed by atoms with Crippen LogP contribution in [0.15, 0.2) is 11.8 Å². The molecule has 1 amide bonds. The molecule has 0 fully saturated rings. The van der Waals surface area contributed by atoms with Gasteiger partial charge in [-0.15, -0.1) is 0 Å². The normalized spacial score (nSPS) is 15.3. The summed E-state index contributed by atoms with van der Waals surface area (Å²) in [6, 6.07) is -0.910. The van der Waals surface area contributed by atoms with Crippen LogP contribution in [0, 0.1) is 5.92 Å². The molecule has 0 radical (unpaired) electrons. The SMILES string of the molecule is C/C=C(\NC(C)N)C(=O)N[C@H](C(=O)O)C(C)C. The third-order valence-electron chi connectivity index (χ3n) is 2.14. The number of amides is 1. The lowest BCUT2D eigenvalue weighted by atomic mass is 10.0. The van der Waals surface area contributed by atoms with Crippen LogP contribution in [0.3, 0.4) is 0 Å². The summed E-state index contributed by atoms with van der Waals surface area (Å²) >= 11 is 0. The van der Waals surface area contributed by atoms with Crippen LogP contribution in [-0.2, 0) is 9.59 Å². The second kappa shape index (κ2) is 6.90. The molecule has 0 saturated carbocycles. The van der Waals surface area contributed by atoms with E-state index in [1.165, 1.54) is 0 Å². The van der Waals surface area contributed by atoms with Gasteiger partial charge in [-0.1, -0.05) is 19.9 Å². The average molecular weight is 243 g/mol. The Morgan fingerprint density at radius 3 is 2.06 bits per heavy atom. The van der Waals surface area contributed by atoms with Crippen LogP contribution in [0.25, 0.3) is 0 Å². The molecule has 0 aliphatic rings. The van der Waals surface area contributed by atoms with E-state index in [0.29, 0.717) is 0 Å². The Balaban J connectivity index is 4.65. The minimum atomic E-state index is -1.05. The van der Waals surface area contributed by atoms with Gasteiger partial charge >= 0.3 is 5.97 Å². The van der Waals surface area contributed by atoms with E-state index in [9.17, 15) is 9.59 Å². The number of allylic oxidation sites excluding steroid dienone is 1. The number of carboxylic acids is 1. The number of carboxylic acid groups (broad SMARTS) is 1. The monoisotopic (exact) mass is 243 g/mol. The Kier molecular flexibility index (Phi) is 6.27. The highest BCUT2D eigenvalue weighted by atomic mass is 16.4. The number of carbonyl (C=O) groups excluding carboxylic acids is 1. The summed E-state index contributed by atoms with van der Waals surface area (Å²) in [6.07, 6.45) is 1.17. The molecule has 0 aromatic heterocycles. The third kappa shape index (κ3) is 5.35. The van der Waals surface area contributed by atoms with E-state index in [4.69, 9.17) is 10.8 Å². The Bertz CT molecular complexity index is 311. The van der Waals surface area contributed by atoms with E-state index in [2.05, 4.69) is 10.6 Å². The van der Waals surface area contributed by atoms with Crippen molar-refractivity contribution in [2.24, 2.45) is 11.7 Å². The van der Waals surface area contributed by atoms with Gasteiger partial charge in [0.25, 0.3) is 5.91 Å². The van der Waals surface area contributed by atoms with Crippen LogP contribution in [0.4, 0.5) is 0 Å². The van der Waals surface area contributed by atoms with Gasteiger partial charge in [0.05, 0.1) is 11.9 Å². The summed E-state index contributed by atoms with van der Waals surface area (Å²) in [7, 11) is 0. The van der Waals surface area contributed by atoms with Gasteiger partial charge in [-0.05, 0) is 19.8 Å². The standard InChI is InChI=1S/C11H21N3O3/c1-5-8(13-7(4)12)10(15)14-9(6(2)3)11(16)17/h5-7,9,13H,12H2,1-4H3,(H,14,15)(H,16,17)/b8-5-/t7?,9-/m0/s1. The third-order valence-corrected chi connectivity index (χ3v) is 2.14. The molecule has 2 atom stereocenters. The summed E-state index contributed by atoms with van der Waals surface area (Å²) in [4.78, 5) is 22.7. The lowest BCUT2D eigenvalue weighted by Gasteiger charge is -2.20. The van der Waals surface area contributed by atoms with E-state index in [1.807, 2.05) is 0 Å². The van der Waals surface area contributed by atoms with Crippen LogP contribution >= 0.6 is 0 Å². The predicted octanol–water partition coefficient (Wildman–Crippen LogP) is 0.00990. The molecule has 1 unspecified atom stereocenters. The van der Waals surface area contributed by atoms with Crippen molar-refractivity contribution < 1.29 is 14.7 Å². The molecule has 6 nitrogen and oxygen atoms in total. The van der Waals surface area contributed by atoms with E-state index in [0.717, 1.165) is 0 Å². The average Bonchev–Trinajstić information content (AvgIpc) is 2.20. The van der Waals surface area contributed by atoms with Crippen molar-refractivity contribution in [3.8, 4) is 0 Å². The van der Waals surface area contributed by atoms with Crippen LogP contribution in [-0.4, -0.2) is 29.2 Å². The van der Waals surface area contributed by atoms with E-state index in [1.54, 1.807) is 33.8 Å². The quantitative estimate of drug-likeness (QED) is 0.388. The minimum Gasteiger partial charge on any atom is -0.480 e. The molecule has 0 aromatic carbocycles. The van der Waals surface area contributed by atoms with Crippen LogP contribution in [0.2, 0.25) is 0 Å². The molecule has 17 heavy (non-hydrogen) atoms. The molecule has 0 heterocycles. The number of aliphatic carboxylic acids is 1. The topological polar surface area (TPSA) is 104 Å². The van der Waals surface area contributed by atoms with Gasteiger partial charge in [0.2, 0.25) is 0 Å². The second-order valence-electron chi connectivity index (χ2n) is 4.17. The fourth-order valence-corrected chi connectivity index (χ4v) is 1.26. The zero-order valence-corrected chi connectivity index (χ0v) is 10.7. The summed E-state index contributed by atoms with van der Waals surface area (Å²) < 4.78 is 0. The summed E-state index contributed by atoms with van der Waals surface area (Å²) in [5.74, 6) is -1.71. The highest BCUT2D eigenvalue weighted by molar-refractivity contribution is 5.95. The molecule has 6 heteroatoms. The smallest absolute Gasteiger partial charge is 0.326 e. The summed E-state index contributed by atoms with van der Waals surface area (Å²) in [6.45, 7) is 6.82. The first kappa shape index (κ1) is 15.4. The highest BCUT2D eigenvalue weighted by Crippen LogP contribution is 2.03. The van der Waals surface area contributed by atoms with Crippen molar-refractivity contribution in [1.29, 1.82) is 0 Å². The maximum Gasteiger partial charge on any atom is 0.326 e. The first-order chi connectivity index (χ1) is 7.79. The molecular formula is C11H21N3O3. The Morgan fingerprint density at radius 1 is 1.24 bits per heavy atom. The van der Waals surface area contributed by atoms with Crippen LogP contribution < -0.4 is 16.4 Å². The maximum atomic E-state index is 11.8.